The summed E-state index contributed by atoms with van der Waals surface area (Å²) in [6, 6.07) is 22.1. The van der Waals surface area contributed by atoms with E-state index in [0.717, 1.165) is 33.5 Å². The van der Waals surface area contributed by atoms with Crippen LogP contribution in [0.3, 0.4) is 0 Å². The van der Waals surface area contributed by atoms with Crippen molar-refractivity contribution in [3.8, 4) is 5.75 Å². The molecule has 0 spiro atoms. The summed E-state index contributed by atoms with van der Waals surface area (Å²) in [6.07, 6.45) is 0. The third-order valence-corrected chi connectivity index (χ3v) is 5.83. The molecule has 0 unspecified atom stereocenters. The Labute approximate surface area is 168 Å². The summed E-state index contributed by atoms with van der Waals surface area (Å²) in [7, 11) is 0. The number of aryl methyl sites for hydroxylation is 1. The number of carbonyl (C=O) groups excluding carboxylic acids is 1. The van der Waals surface area contributed by atoms with E-state index in [4.69, 9.17) is 4.74 Å². The predicted octanol–water partition coefficient (Wildman–Crippen LogP) is 6.35. The molecule has 0 atom stereocenters. The van der Waals surface area contributed by atoms with Crippen LogP contribution < -0.4 is 10.1 Å². The lowest BCUT2D eigenvalue weighted by atomic mass is 10.1. The molecule has 4 rings (SSSR count). The molecule has 0 saturated carbocycles. The molecule has 3 nitrogen and oxygen atoms in total. The molecule has 1 heterocycles. The van der Waals surface area contributed by atoms with Crippen LogP contribution in [-0.4, -0.2) is 5.91 Å². The van der Waals surface area contributed by atoms with E-state index in [1.807, 2.05) is 67.8 Å². The lowest BCUT2D eigenvalue weighted by molar-refractivity contribution is 0.103. The first-order valence-electron chi connectivity index (χ1n) is 9.17. The maximum Gasteiger partial charge on any atom is 0.265 e. The summed E-state index contributed by atoms with van der Waals surface area (Å²) < 4.78 is 5.92. The summed E-state index contributed by atoms with van der Waals surface area (Å²) in [5.41, 5.74) is 4.09. The van der Waals surface area contributed by atoms with E-state index in [1.54, 1.807) is 0 Å². The van der Waals surface area contributed by atoms with E-state index >= 15 is 0 Å². The molecule has 3 aromatic carbocycles. The number of hydrogen-bond donors (Lipinski definition) is 1. The fourth-order valence-electron chi connectivity index (χ4n) is 3.06. The number of ether oxygens (including phenoxy) is 1. The number of rotatable bonds is 5. The van der Waals surface area contributed by atoms with E-state index in [9.17, 15) is 4.79 Å². The first-order valence-corrected chi connectivity index (χ1v) is 10.0. The summed E-state index contributed by atoms with van der Waals surface area (Å²) in [6.45, 7) is 4.49. The standard InChI is InChI=1S/C24H21NO2S/c1-16-6-5-9-22(17(16)2)25-24(26)23-12-18(15-28-23)14-27-21-11-10-19-7-3-4-8-20(19)13-21/h3-13,15H,14H2,1-2H3,(H,25,26). The van der Waals surface area contributed by atoms with Crippen LogP contribution in [0, 0.1) is 13.8 Å². The number of anilines is 1. The minimum absolute atomic E-state index is 0.0874. The highest BCUT2D eigenvalue weighted by Crippen LogP contribution is 2.24. The zero-order valence-corrected chi connectivity index (χ0v) is 16.7. The molecule has 1 N–H and O–H groups in total. The molecule has 1 amide bonds. The van der Waals surface area contributed by atoms with Gasteiger partial charge in [0.25, 0.3) is 5.91 Å². The van der Waals surface area contributed by atoms with Gasteiger partial charge in [-0.2, -0.15) is 0 Å². The molecule has 0 saturated heterocycles. The molecule has 0 radical (unpaired) electrons. The largest absolute Gasteiger partial charge is 0.489 e. The Morgan fingerprint density at radius 3 is 2.64 bits per heavy atom. The van der Waals surface area contributed by atoms with Gasteiger partial charge in [0.05, 0.1) is 4.88 Å². The lowest BCUT2D eigenvalue weighted by Crippen LogP contribution is -2.11. The third kappa shape index (κ3) is 3.92. The Morgan fingerprint density at radius 1 is 0.964 bits per heavy atom. The van der Waals surface area contributed by atoms with Crippen molar-refractivity contribution in [3.63, 3.8) is 0 Å². The van der Waals surface area contributed by atoms with Crippen molar-refractivity contribution in [2.24, 2.45) is 0 Å². The van der Waals surface area contributed by atoms with Crippen molar-refractivity contribution >= 4 is 33.7 Å². The van der Waals surface area contributed by atoms with Crippen LogP contribution in [0.5, 0.6) is 5.75 Å². The number of thiophene rings is 1. The Kier molecular flexibility index (Phi) is 5.13. The van der Waals surface area contributed by atoms with Crippen LogP contribution in [-0.2, 0) is 6.61 Å². The fraction of sp³-hybridized carbons (Fsp3) is 0.125. The average molecular weight is 388 g/mol. The third-order valence-electron chi connectivity index (χ3n) is 4.86. The van der Waals surface area contributed by atoms with Gasteiger partial charge < -0.3 is 10.1 Å². The first-order chi connectivity index (χ1) is 13.6. The molecule has 0 aliphatic heterocycles. The minimum atomic E-state index is -0.0874. The van der Waals surface area contributed by atoms with Crippen molar-refractivity contribution in [2.75, 3.05) is 5.32 Å². The van der Waals surface area contributed by atoms with Gasteiger partial charge in [0, 0.05) is 11.3 Å². The molecular formula is C24H21NO2S. The second kappa shape index (κ2) is 7.87. The van der Waals surface area contributed by atoms with Gasteiger partial charge in [0.2, 0.25) is 0 Å². The topological polar surface area (TPSA) is 38.3 Å². The molecule has 4 aromatic rings. The zero-order chi connectivity index (χ0) is 19.5. The number of benzene rings is 3. The number of hydrogen-bond acceptors (Lipinski definition) is 3. The van der Waals surface area contributed by atoms with Crippen molar-refractivity contribution < 1.29 is 9.53 Å². The van der Waals surface area contributed by atoms with Crippen LogP contribution in [0.15, 0.2) is 72.1 Å². The molecule has 140 valence electrons. The maximum atomic E-state index is 12.6. The van der Waals surface area contributed by atoms with Crippen LogP contribution >= 0.6 is 11.3 Å². The van der Waals surface area contributed by atoms with E-state index in [-0.39, 0.29) is 5.91 Å². The quantitative estimate of drug-likeness (QED) is 0.433. The molecule has 0 bridgehead atoms. The second-order valence-corrected chi connectivity index (χ2v) is 7.73. The second-order valence-electron chi connectivity index (χ2n) is 6.82. The Bertz CT molecular complexity index is 1150. The Morgan fingerprint density at radius 2 is 1.79 bits per heavy atom. The van der Waals surface area contributed by atoms with Gasteiger partial charge in [-0.3, -0.25) is 4.79 Å². The average Bonchev–Trinajstić information content (AvgIpc) is 3.19. The number of nitrogens with one attached hydrogen (secondary N) is 1. The van der Waals surface area contributed by atoms with E-state index < -0.39 is 0 Å². The van der Waals surface area contributed by atoms with Crippen LogP contribution in [0.2, 0.25) is 0 Å². The van der Waals surface area contributed by atoms with Crippen LogP contribution in [0.4, 0.5) is 5.69 Å². The molecule has 28 heavy (non-hydrogen) atoms. The lowest BCUT2D eigenvalue weighted by Gasteiger charge is -2.09. The van der Waals surface area contributed by atoms with Crippen molar-refractivity contribution in [1.82, 2.24) is 0 Å². The fourth-order valence-corrected chi connectivity index (χ4v) is 3.86. The normalized spacial score (nSPS) is 10.8. The smallest absolute Gasteiger partial charge is 0.265 e. The Hall–Kier alpha value is -3.11. The SMILES string of the molecule is Cc1cccc(NC(=O)c2cc(COc3ccc4ccccc4c3)cs2)c1C. The van der Waals surface area contributed by atoms with Crippen molar-refractivity contribution in [1.29, 1.82) is 0 Å². The number of fused-ring (bicyclic) bond motifs is 1. The minimum Gasteiger partial charge on any atom is -0.489 e. The van der Waals surface area contributed by atoms with Crippen molar-refractivity contribution in [3.05, 3.63) is 93.7 Å². The van der Waals surface area contributed by atoms with Gasteiger partial charge in [0.1, 0.15) is 12.4 Å². The van der Waals surface area contributed by atoms with E-state index in [1.165, 1.54) is 16.7 Å². The summed E-state index contributed by atoms with van der Waals surface area (Å²) in [5, 5.41) is 7.32. The first kappa shape index (κ1) is 18.3. The highest BCUT2D eigenvalue weighted by Gasteiger charge is 2.12. The number of carbonyl (C=O) groups is 1. The molecule has 0 aliphatic carbocycles. The summed E-state index contributed by atoms with van der Waals surface area (Å²) in [4.78, 5) is 13.2. The molecule has 0 aliphatic rings. The van der Waals surface area contributed by atoms with Crippen molar-refractivity contribution in [2.45, 2.75) is 20.5 Å². The summed E-state index contributed by atoms with van der Waals surface area (Å²) >= 11 is 1.43. The van der Waals surface area contributed by atoms with E-state index in [0.29, 0.717) is 11.5 Å². The molecule has 0 fully saturated rings. The van der Waals surface area contributed by atoms with Gasteiger partial charge in [-0.25, -0.2) is 0 Å². The van der Waals surface area contributed by atoms with Gasteiger partial charge in [-0.05, 0) is 65.4 Å². The zero-order valence-electron chi connectivity index (χ0n) is 15.9. The van der Waals surface area contributed by atoms with E-state index in [2.05, 4.69) is 23.5 Å². The van der Waals surface area contributed by atoms with Gasteiger partial charge in [-0.15, -0.1) is 11.3 Å². The maximum absolute atomic E-state index is 12.6. The molecule has 1 aromatic heterocycles. The van der Waals surface area contributed by atoms with Gasteiger partial charge in [0.15, 0.2) is 0 Å². The Balaban J connectivity index is 1.42. The predicted molar refractivity (Wildman–Crippen MR) is 116 cm³/mol. The monoisotopic (exact) mass is 387 g/mol. The molecular weight excluding hydrogens is 366 g/mol. The number of amides is 1. The highest BCUT2D eigenvalue weighted by molar-refractivity contribution is 7.12. The van der Waals surface area contributed by atoms with Crippen LogP contribution in [0.25, 0.3) is 10.8 Å². The van der Waals surface area contributed by atoms with Gasteiger partial charge >= 0.3 is 0 Å². The molecule has 4 heteroatoms. The summed E-state index contributed by atoms with van der Waals surface area (Å²) in [5.74, 6) is 0.738. The highest BCUT2D eigenvalue weighted by atomic mass is 32.1. The van der Waals surface area contributed by atoms with Gasteiger partial charge in [-0.1, -0.05) is 42.5 Å². The van der Waals surface area contributed by atoms with Crippen LogP contribution in [0.1, 0.15) is 26.4 Å².